The van der Waals surface area contributed by atoms with Crippen molar-refractivity contribution >= 4 is 23.1 Å². The zero-order chi connectivity index (χ0) is 10.4. The van der Waals surface area contributed by atoms with Gasteiger partial charge in [-0.25, -0.2) is 4.98 Å². The van der Waals surface area contributed by atoms with Crippen molar-refractivity contribution in [1.82, 2.24) is 4.98 Å². The van der Waals surface area contributed by atoms with E-state index in [4.69, 9.17) is 11.6 Å². The van der Waals surface area contributed by atoms with Gasteiger partial charge in [0.05, 0.1) is 10.7 Å². The maximum atomic E-state index is 6.14. The zero-order valence-electron chi connectivity index (χ0n) is 8.70. The summed E-state index contributed by atoms with van der Waals surface area (Å²) < 4.78 is 0. The van der Waals surface area contributed by atoms with Gasteiger partial charge in [0.15, 0.2) is 5.82 Å². The Labute approximate surface area is 94.4 Å². The summed E-state index contributed by atoms with van der Waals surface area (Å²) in [7, 11) is 2.09. The first-order valence-corrected chi connectivity index (χ1v) is 5.79. The molecule has 1 aromatic rings. The van der Waals surface area contributed by atoms with Gasteiger partial charge in [-0.05, 0) is 24.8 Å². The lowest BCUT2D eigenvalue weighted by Gasteiger charge is -2.35. The highest BCUT2D eigenvalue weighted by Gasteiger charge is 2.36. The Hall–Kier alpha value is -0.960. The van der Waals surface area contributed by atoms with Crippen molar-refractivity contribution in [2.75, 3.05) is 17.3 Å². The van der Waals surface area contributed by atoms with Gasteiger partial charge in [-0.3, -0.25) is 0 Å². The summed E-state index contributed by atoms with van der Waals surface area (Å²) in [4.78, 5) is 6.58. The van der Waals surface area contributed by atoms with Crippen molar-refractivity contribution in [1.29, 1.82) is 0 Å². The third kappa shape index (κ3) is 1.29. The Bertz CT molecular complexity index is 389. The Kier molecular flexibility index (Phi) is 2.02. The van der Waals surface area contributed by atoms with E-state index in [2.05, 4.69) is 22.2 Å². The lowest BCUT2D eigenvalue weighted by atomic mass is 9.83. The van der Waals surface area contributed by atoms with Gasteiger partial charge in [-0.15, -0.1) is 0 Å². The molecule has 1 aromatic heterocycles. The fraction of sp³-hybridized carbons (Fsp3) is 0.545. The average Bonchev–Trinajstić information content (AvgIpc) is 2.45. The summed E-state index contributed by atoms with van der Waals surface area (Å²) >= 11 is 6.14. The average molecular weight is 224 g/mol. The standard InChI is InChI=1S/C11H14ClN3/c1-15-10(7-3-2-4-7)14-9-8(12)5-6-13-11(9)15/h5-7,10,14H,2-4H2,1H3. The van der Waals surface area contributed by atoms with Gasteiger partial charge in [-0.2, -0.15) is 0 Å². The molecule has 2 aliphatic rings. The molecule has 0 amide bonds. The molecule has 3 nitrogen and oxygen atoms in total. The number of pyridine rings is 1. The Morgan fingerprint density at radius 3 is 2.93 bits per heavy atom. The SMILES string of the molecule is CN1c2nccc(Cl)c2NC1C1CCC1. The summed E-state index contributed by atoms with van der Waals surface area (Å²) in [5.41, 5.74) is 0.999. The molecule has 0 bridgehead atoms. The molecule has 1 saturated carbocycles. The summed E-state index contributed by atoms with van der Waals surface area (Å²) in [5.74, 6) is 1.74. The highest BCUT2D eigenvalue weighted by molar-refractivity contribution is 6.34. The largest absolute Gasteiger partial charge is 0.361 e. The second-order valence-corrected chi connectivity index (χ2v) is 4.79. The van der Waals surface area contributed by atoms with Crippen molar-refractivity contribution in [2.45, 2.75) is 25.4 Å². The van der Waals surface area contributed by atoms with E-state index in [1.54, 1.807) is 6.20 Å². The van der Waals surface area contributed by atoms with Crippen LogP contribution >= 0.6 is 11.6 Å². The molecule has 1 aliphatic carbocycles. The van der Waals surface area contributed by atoms with Crippen LogP contribution in [0.5, 0.6) is 0 Å². The van der Waals surface area contributed by atoms with Crippen molar-refractivity contribution in [3.63, 3.8) is 0 Å². The van der Waals surface area contributed by atoms with Gasteiger partial charge in [-0.1, -0.05) is 18.0 Å². The smallest absolute Gasteiger partial charge is 0.154 e. The van der Waals surface area contributed by atoms with E-state index < -0.39 is 0 Å². The van der Waals surface area contributed by atoms with Crippen LogP contribution in [0.3, 0.4) is 0 Å². The lowest BCUT2D eigenvalue weighted by Crippen LogP contribution is -2.42. The molecule has 80 valence electrons. The molecule has 1 unspecified atom stereocenters. The number of hydrogen-bond acceptors (Lipinski definition) is 3. The van der Waals surface area contributed by atoms with Crippen molar-refractivity contribution < 1.29 is 0 Å². The minimum atomic E-state index is 0.390. The highest BCUT2D eigenvalue weighted by Crippen LogP contribution is 2.42. The first-order valence-electron chi connectivity index (χ1n) is 5.41. The van der Waals surface area contributed by atoms with E-state index in [1.807, 2.05) is 6.07 Å². The monoisotopic (exact) mass is 223 g/mol. The van der Waals surface area contributed by atoms with Crippen LogP contribution in [0.2, 0.25) is 5.02 Å². The maximum Gasteiger partial charge on any atom is 0.154 e. The van der Waals surface area contributed by atoms with E-state index >= 15 is 0 Å². The predicted molar refractivity (Wildman–Crippen MR) is 62.4 cm³/mol. The molecule has 0 saturated heterocycles. The van der Waals surface area contributed by atoms with E-state index in [0.29, 0.717) is 6.17 Å². The predicted octanol–water partition coefficient (Wildman–Crippen LogP) is 2.72. The van der Waals surface area contributed by atoms with Crippen molar-refractivity contribution in [3.8, 4) is 0 Å². The van der Waals surface area contributed by atoms with Crippen molar-refractivity contribution in [3.05, 3.63) is 17.3 Å². The Balaban J connectivity index is 1.93. The van der Waals surface area contributed by atoms with Crippen molar-refractivity contribution in [2.24, 2.45) is 5.92 Å². The number of nitrogens with zero attached hydrogens (tertiary/aromatic N) is 2. The van der Waals surface area contributed by atoms with Crippen LogP contribution in [0.15, 0.2) is 12.3 Å². The second-order valence-electron chi connectivity index (χ2n) is 4.38. The van der Waals surface area contributed by atoms with Crippen LogP contribution in [0.4, 0.5) is 11.5 Å². The van der Waals surface area contributed by atoms with Gasteiger partial charge in [0.2, 0.25) is 0 Å². The summed E-state index contributed by atoms with van der Waals surface area (Å²) in [6.07, 6.45) is 6.14. The second kappa shape index (κ2) is 3.27. The number of hydrogen-bond donors (Lipinski definition) is 1. The molecule has 1 fully saturated rings. The summed E-state index contributed by atoms with van der Waals surface area (Å²) in [6.45, 7) is 0. The minimum Gasteiger partial charge on any atom is -0.361 e. The number of halogens is 1. The van der Waals surface area contributed by atoms with Gasteiger partial charge < -0.3 is 10.2 Å². The molecule has 0 aromatic carbocycles. The molecule has 4 heteroatoms. The Morgan fingerprint density at radius 2 is 2.33 bits per heavy atom. The van der Waals surface area contributed by atoms with Gasteiger partial charge in [0, 0.05) is 13.2 Å². The van der Waals surface area contributed by atoms with E-state index in [-0.39, 0.29) is 0 Å². The first kappa shape index (κ1) is 9.28. The highest BCUT2D eigenvalue weighted by atomic mass is 35.5. The number of rotatable bonds is 1. The van der Waals surface area contributed by atoms with Crippen LogP contribution in [-0.4, -0.2) is 18.2 Å². The minimum absolute atomic E-state index is 0.390. The van der Waals surface area contributed by atoms with E-state index in [0.717, 1.165) is 22.4 Å². The molecule has 1 atom stereocenters. The van der Waals surface area contributed by atoms with Crippen LogP contribution in [-0.2, 0) is 0 Å². The van der Waals surface area contributed by atoms with Gasteiger partial charge in [0.25, 0.3) is 0 Å². The lowest BCUT2D eigenvalue weighted by molar-refractivity contribution is 0.276. The molecular weight excluding hydrogens is 210 g/mol. The van der Waals surface area contributed by atoms with E-state index in [1.165, 1.54) is 19.3 Å². The zero-order valence-corrected chi connectivity index (χ0v) is 9.46. The molecule has 15 heavy (non-hydrogen) atoms. The van der Waals surface area contributed by atoms with Crippen LogP contribution < -0.4 is 10.2 Å². The molecule has 1 N–H and O–H groups in total. The molecular formula is C11H14ClN3. The molecule has 1 aliphatic heterocycles. The van der Waals surface area contributed by atoms with Crippen LogP contribution in [0.1, 0.15) is 19.3 Å². The first-order chi connectivity index (χ1) is 7.27. The van der Waals surface area contributed by atoms with Gasteiger partial charge >= 0.3 is 0 Å². The maximum absolute atomic E-state index is 6.14. The van der Waals surface area contributed by atoms with E-state index in [9.17, 15) is 0 Å². The third-order valence-electron chi connectivity index (χ3n) is 3.52. The molecule has 3 rings (SSSR count). The molecule has 0 radical (unpaired) electrons. The number of anilines is 2. The van der Waals surface area contributed by atoms with Crippen LogP contribution in [0.25, 0.3) is 0 Å². The number of fused-ring (bicyclic) bond motifs is 1. The fourth-order valence-electron chi connectivity index (χ4n) is 2.40. The normalized spacial score (nSPS) is 24.7. The third-order valence-corrected chi connectivity index (χ3v) is 3.84. The molecule has 0 spiro atoms. The summed E-state index contributed by atoms with van der Waals surface area (Å²) in [6, 6.07) is 1.84. The summed E-state index contributed by atoms with van der Waals surface area (Å²) in [5, 5.41) is 4.26. The molecule has 2 heterocycles. The van der Waals surface area contributed by atoms with Crippen LogP contribution in [0, 0.1) is 5.92 Å². The topological polar surface area (TPSA) is 28.2 Å². The van der Waals surface area contributed by atoms with Gasteiger partial charge in [0.1, 0.15) is 6.17 Å². The Morgan fingerprint density at radius 1 is 1.53 bits per heavy atom. The number of nitrogens with one attached hydrogen (secondary N) is 1. The quantitative estimate of drug-likeness (QED) is 0.794. The number of aromatic nitrogens is 1. The fourth-order valence-corrected chi connectivity index (χ4v) is 2.59.